The first-order valence-corrected chi connectivity index (χ1v) is 26.0. The molecule has 6 nitrogen and oxygen atoms in total. The van der Waals surface area contributed by atoms with Crippen LogP contribution >= 0.6 is 0 Å². The number of aliphatic hydroxyl groups excluding tert-OH is 2. The van der Waals surface area contributed by atoms with Crippen molar-refractivity contribution in [3.8, 4) is 0 Å². The Labute approximate surface area is 366 Å². The van der Waals surface area contributed by atoms with E-state index in [2.05, 4.69) is 85.5 Å². The standard InChI is InChI=1S/C53H100N2O4/c1-11-15-17-19-21-23-25-45(56)38-55(39-46(57)26-24-22-20-18-16-12-2)36-35-54-51(58)59-47-31-33-53(10)44(37-47)29-30-48-42(8)52(9,34-32-50(48)53)49(14-4)41(7)27-28-43(13-3)40(5)6/h29,40-43,45-50,56-57H,11-28,30-39H2,1-10H3,(H,54,58)/t41-,42+,43-,45?,46?,47+,48+,49-,50+,52+,53+/m1/s1. The van der Waals surface area contributed by atoms with Gasteiger partial charge in [-0.15, -0.1) is 0 Å². The van der Waals surface area contributed by atoms with Gasteiger partial charge in [0.15, 0.2) is 0 Å². The third-order valence-electron chi connectivity index (χ3n) is 16.9. The molecule has 2 fully saturated rings. The van der Waals surface area contributed by atoms with Crippen LogP contribution < -0.4 is 5.32 Å². The first-order valence-electron chi connectivity index (χ1n) is 26.0. The van der Waals surface area contributed by atoms with Gasteiger partial charge in [-0.05, 0) is 104 Å². The van der Waals surface area contributed by atoms with Crippen LogP contribution in [0.25, 0.3) is 0 Å². The number of hydrogen-bond donors (Lipinski definition) is 3. The molecule has 0 radical (unpaired) electrons. The number of aliphatic hydroxyl groups is 2. The molecular weight excluding hydrogens is 729 g/mol. The van der Waals surface area contributed by atoms with Gasteiger partial charge in [0.25, 0.3) is 0 Å². The maximum absolute atomic E-state index is 13.2. The lowest BCUT2D eigenvalue weighted by atomic mass is 9.45. The SMILES string of the molecule is CCCCCCCCC(O)CN(CCNC(=O)O[C@H]1CC[C@@]2(C)C(=CC[C@H]3[C@H](C)[C@@](C)([C@H](CC)[C@H](C)CC[C@@H](CC)C(C)C)CC[C@@H]32)C1)CC(O)CCCCCCCC. The second kappa shape index (κ2) is 27.2. The first kappa shape index (κ1) is 52.2. The van der Waals surface area contributed by atoms with E-state index >= 15 is 0 Å². The summed E-state index contributed by atoms with van der Waals surface area (Å²) in [6.07, 6.45) is 29.5. The molecule has 3 N–H and O–H groups in total. The van der Waals surface area contributed by atoms with E-state index in [0.717, 1.165) is 80.5 Å². The molecule has 0 aromatic rings. The summed E-state index contributed by atoms with van der Waals surface area (Å²) in [5.41, 5.74) is 2.15. The predicted molar refractivity (Wildman–Crippen MR) is 252 cm³/mol. The Hall–Kier alpha value is -1.11. The molecule has 0 spiro atoms. The minimum absolute atomic E-state index is 0.0744. The number of alkyl carbamates (subject to hydrolysis) is 1. The van der Waals surface area contributed by atoms with Crippen molar-refractivity contribution in [1.29, 1.82) is 0 Å². The number of rotatable bonds is 30. The Bertz CT molecular complexity index is 1150. The van der Waals surface area contributed by atoms with Crippen molar-refractivity contribution >= 4 is 6.09 Å². The number of fused-ring (bicyclic) bond motifs is 3. The van der Waals surface area contributed by atoms with E-state index in [1.54, 1.807) is 5.57 Å². The molecule has 0 aliphatic heterocycles. The van der Waals surface area contributed by atoms with Gasteiger partial charge in [-0.3, -0.25) is 4.90 Å². The topological polar surface area (TPSA) is 82.0 Å². The van der Waals surface area contributed by atoms with Crippen LogP contribution in [0.3, 0.4) is 0 Å². The third-order valence-corrected chi connectivity index (χ3v) is 16.9. The van der Waals surface area contributed by atoms with Crippen molar-refractivity contribution in [2.45, 2.75) is 242 Å². The highest BCUT2D eigenvalue weighted by Gasteiger charge is 2.55. The maximum Gasteiger partial charge on any atom is 0.407 e. The summed E-state index contributed by atoms with van der Waals surface area (Å²) in [6.45, 7) is 26.7. The van der Waals surface area contributed by atoms with Crippen LogP contribution in [-0.4, -0.2) is 65.7 Å². The number of allylic oxidation sites excluding steroid dienone is 1. The zero-order valence-corrected chi connectivity index (χ0v) is 40.8. The van der Waals surface area contributed by atoms with Crippen LogP contribution in [0.2, 0.25) is 0 Å². The van der Waals surface area contributed by atoms with Gasteiger partial charge in [0.2, 0.25) is 0 Å². The number of nitrogens with zero attached hydrogens (tertiary/aromatic N) is 1. The lowest BCUT2D eigenvalue weighted by molar-refractivity contribution is -0.0814. The minimum Gasteiger partial charge on any atom is -0.446 e. The summed E-state index contributed by atoms with van der Waals surface area (Å²) in [4.78, 5) is 15.4. The Morgan fingerprint density at radius 2 is 1.41 bits per heavy atom. The average Bonchev–Trinajstić information content (AvgIpc) is 3.19. The largest absolute Gasteiger partial charge is 0.446 e. The minimum atomic E-state index is -0.417. The number of ether oxygens (including phenoxy) is 1. The van der Waals surface area contributed by atoms with Crippen LogP contribution in [0.15, 0.2) is 11.6 Å². The number of carbonyl (C=O) groups is 1. The highest BCUT2D eigenvalue weighted by molar-refractivity contribution is 5.67. The molecule has 0 heterocycles. The zero-order chi connectivity index (χ0) is 43.4. The predicted octanol–water partition coefficient (Wildman–Crippen LogP) is 13.9. The molecule has 0 aromatic heterocycles. The zero-order valence-electron chi connectivity index (χ0n) is 40.8. The summed E-state index contributed by atoms with van der Waals surface area (Å²) in [5, 5.41) is 25.0. The van der Waals surface area contributed by atoms with Gasteiger partial charge in [0.05, 0.1) is 12.2 Å². The molecule has 6 heteroatoms. The average molecular weight is 829 g/mol. The van der Waals surface area contributed by atoms with E-state index in [1.807, 2.05) is 0 Å². The monoisotopic (exact) mass is 829 g/mol. The van der Waals surface area contributed by atoms with Crippen LogP contribution in [0, 0.1) is 52.3 Å². The highest BCUT2D eigenvalue weighted by atomic mass is 16.6. The van der Waals surface area contributed by atoms with Crippen molar-refractivity contribution in [3.63, 3.8) is 0 Å². The van der Waals surface area contributed by atoms with Crippen LogP contribution in [0.1, 0.15) is 223 Å². The molecule has 11 atom stereocenters. The summed E-state index contributed by atoms with van der Waals surface area (Å²) in [7, 11) is 0. The molecular formula is C53H100N2O4. The molecule has 59 heavy (non-hydrogen) atoms. The van der Waals surface area contributed by atoms with Crippen molar-refractivity contribution in [1.82, 2.24) is 10.2 Å². The lowest BCUT2D eigenvalue weighted by Crippen LogP contribution is -2.52. The second-order valence-electron chi connectivity index (χ2n) is 21.3. The fourth-order valence-corrected chi connectivity index (χ4v) is 12.8. The van der Waals surface area contributed by atoms with E-state index in [4.69, 9.17) is 4.74 Å². The molecule has 0 aromatic carbocycles. The normalized spacial score (nSPS) is 28.3. The van der Waals surface area contributed by atoms with Gasteiger partial charge >= 0.3 is 6.09 Å². The summed E-state index contributed by atoms with van der Waals surface area (Å²) in [6, 6.07) is 0. The summed E-state index contributed by atoms with van der Waals surface area (Å²) >= 11 is 0. The summed E-state index contributed by atoms with van der Waals surface area (Å²) in [5.74, 6) is 5.35. The van der Waals surface area contributed by atoms with Gasteiger partial charge < -0.3 is 20.3 Å². The molecule has 2 unspecified atom stereocenters. The quantitative estimate of drug-likeness (QED) is 0.0496. The molecule has 0 bridgehead atoms. The smallest absolute Gasteiger partial charge is 0.407 e. The Morgan fingerprint density at radius 3 is 1.97 bits per heavy atom. The molecule has 3 rings (SSSR count). The third kappa shape index (κ3) is 16.2. The van der Waals surface area contributed by atoms with Gasteiger partial charge in [-0.25, -0.2) is 4.79 Å². The van der Waals surface area contributed by atoms with E-state index in [1.165, 1.54) is 109 Å². The van der Waals surface area contributed by atoms with Gasteiger partial charge in [0.1, 0.15) is 6.10 Å². The molecule has 2 saturated carbocycles. The molecule has 346 valence electrons. The molecule has 0 saturated heterocycles. The van der Waals surface area contributed by atoms with Crippen molar-refractivity contribution in [2.24, 2.45) is 52.3 Å². The summed E-state index contributed by atoms with van der Waals surface area (Å²) < 4.78 is 6.13. The Balaban J connectivity index is 1.52. The van der Waals surface area contributed by atoms with E-state index in [-0.39, 0.29) is 17.6 Å². The molecule has 3 aliphatic carbocycles. The fraction of sp³-hybridized carbons (Fsp3) is 0.943. The number of amides is 1. The maximum atomic E-state index is 13.2. The Kier molecular flexibility index (Phi) is 24.0. The van der Waals surface area contributed by atoms with Crippen LogP contribution in [0.5, 0.6) is 0 Å². The second-order valence-corrected chi connectivity index (χ2v) is 21.3. The van der Waals surface area contributed by atoms with Crippen LogP contribution in [-0.2, 0) is 4.74 Å². The highest BCUT2D eigenvalue weighted by Crippen LogP contribution is 2.63. The molecule has 3 aliphatic rings. The van der Waals surface area contributed by atoms with Crippen LogP contribution in [0.4, 0.5) is 4.79 Å². The lowest BCUT2D eigenvalue weighted by Gasteiger charge is -2.60. The van der Waals surface area contributed by atoms with E-state index in [9.17, 15) is 15.0 Å². The van der Waals surface area contributed by atoms with Gasteiger partial charge in [-0.1, -0.05) is 177 Å². The number of unbranched alkanes of at least 4 members (excludes halogenated alkanes) is 10. The Morgan fingerprint density at radius 1 is 0.814 bits per heavy atom. The fourth-order valence-electron chi connectivity index (χ4n) is 12.8. The molecule has 1 amide bonds. The van der Waals surface area contributed by atoms with Crippen molar-refractivity contribution < 1.29 is 19.7 Å². The number of hydrogen-bond acceptors (Lipinski definition) is 5. The van der Waals surface area contributed by atoms with E-state index < -0.39 is 12.2 Å². The van der Waals surface area contributed by atoms with Gasteiger partial charge in [0, 0.05) is 32.6 Å². The first-order chi connectivity index (χ1) is 28.2. The van der Waals surface area contributed by atoms with E-state index in [0.29, 0.717) is 37.5 Å². The van der Waals surface area contributed by atoms with Gasteiger partial charge in [-0.2, -0.15) is 0 Å². The van der Waals surface area contributed by atoms with Crippen molar-refractivity contribution in [3.05, 3.63) is 11.6 Å². The number of carbonyl (C=O) groups excluding carboxylic acids is 1. The number of nitrogens with one attached hydrogen (secondary N) is 1. The van der Waals surface area contributed by atoms with Crippen molar-refractivity contribution in [2.75, 3.05) is 26.2 Å².